The van der Waals surface area contributed by atoms with Gasteiger partial charge in [-0.15, -0.1) is 0 Å². The van der Waals surface area contributed by atoms with Crippen molar-refractivity contribution < 1.29 is 18.8 Å². The van der Waals surface area contributed by atoms with Crippen molar-refractivity contribution in [2.24, 2.45) is 0 Å². The van der Waals surface area contributed by atoms with E-state index in [2.05, 4.69) is 17.4 Å². The smallest absolute Gasteiger partial charge is 0.287 e. The van der Waals surface area contributed by atoms with Crippen molar-refractivity contribution in [2.75, 3.05) is 19.6 Å². The third-order valence-corrected chi connectivity index (χ3v) is 9.76. The molecule has 4 aromatic rings. The Labute approximate surface area is 287 Å². The quantitative estimate of drug-likeness (QED) is 0.214. The van der Waals surface area contributed by atoms with Crippen LogP contribution in [0.2, 0.25) is 15.1 Å². The number of piperidine rings is 2. The second-order valence-electron chi connectivity index (χ2n) is 12.2. The van der Waals surface area contributed by atoms with Crippen LogP contribution in [0.5, 0.6) is 0 Å². The van der Waals surface area contributed by atoms with Gasteiger partial charge in [-0.2, -0.15) is 0 Å². The fraction of sp³-hybridized carbons (Fsp3) is 0.333. The molecule has 2 fully saturated rings. The number of likely N-dealkylation sites (tertiary alicyclic amines) is 2. The van der Waals surface area contributed by atoms with Gasteiger partial charge in [-0.05, 0) is 72.6 Å². The number of hydrogen-bond donors (Lipinski definition) is 1. The number of halogens is 3. The van der Waals surface area contributed by atoms with E-state index >= 15 is 0 Å². The molecule has 8 nitrogen and oxygen atoms in total. The Morgan fingerprint density at radius 1 is 0.894 bits per heavy atom. The van der Waals surface area contributed by atoms with Crippen molar-refractivity contribution in [1.29, 1.82) is 0 Å². The Morgan fingerprint density at radius 3 is 2.38 bits per heavy atom. The van der Waals surface area contributed by atoms with Crippen LogP contribution in [0.4, 0.5) is 0 Å². The lowest BCUT2D eigenvalue weighted by Gasteiger charge is -2.36. The highest BCUT2D eigenvalue weighted by Gasteiger charge is 2.32. The summed E-state index contributed by atoms with van der Waals surface area (Å²) >= 11 is 18.4. The van der Waals surface area contributed by atoms with Gasteiger partial charge in [0.15, 0.2) is 16.8 Å². The summed E-state index contributed by atoms with van der Waals surface area (Å²) < 4.78 is 5.75. The van der Waals surface area contributed by atoms with Crippen molar-refractivity contribution in [2.45, 2.75) is 57.0 Å². The van der Waals surface area contributed by atoms with Crippen LogP contribution in [0.1, 0.15) is 65.3 Å². The lowest BCUT2D eigenvalue weighted by Crippen LogP contribution is -2.51. The van der Waals surface area contributed by atoms with Crippen molar-refractivity contribution in [3.63, 3.8) is 0 Å². The van der Waals surface area contributed by atoms with Crippen molar-refractivity contribution >= 4 is 63.5 Å². The van der Waals surface area contributed by atoms with E-state index in [4.69, 9.17) is 39.2 Å². The Bertz CT molecular complexity index is 1870. The van der Waals surface area contributed by atoms with E-state index in [1.165, 1.54) is 17.7 Å². The molecule has 0 bridgehead atoms. The number of fused-ring (bicyclic) bond motifs is 1. The molecule has 1 aromatic heterocycles. The molecular weight excluding hydrogens is 661 g/mol. The van der Waals surface area contributed by atoms with Gasteiger partial charge in [-0.3, -0.25) is 19.2 Å². The first-order chi connectivity index (χ1) is 22.7. The topological polar surface area (TPSA) is 99.9 Å². The van der Waals surface area contributed by atoms with Crippen molar-refractivity contribution in [3.8, 4) is 0 Å². The first kappa shape index (κ1) is 33.1. The minimum atomic E-state index is -0.931. The summed E-state index contributed by atoms with van der Waals surface area (Å²) in [5.74, 6) is -0.756. The maximum atomic E-state index is 14.0. The zero-order chi connectivity index (χ0) is 33.1. The monoisotopic (exact) mass is 693 g/mol. The lowest BCUT2D eigenvalue weighted by molar-refractivity contribution is -0.135. The van der Waals surface area contributed by atoms with Crippen LogP contribution in [0, 0.1) is 0 Å². The molecular formula is C36H34Cl3N3O5. The molecule has 1 atom stereocenters. The van der Waals surface area contributed by atoms with E-state index in [0.29, 0.717) is 31.1 Å². The third-order valence-electron chi connectivity index (χ3n) is 9.01. The Morgan fingerprint density at radius 2 is 1.64 bits per heavy atom. The molecule has 0 saturated carbocycles. The molecule has 3 heterocycles. The summed E-state index contributed by atoms with van der Waals surface area (Å²) in [5, 5.41) is 3.89. The summed E-state index contributed by atoms with van der Waals surface area (Å²) in [7, 11) is 0. The summed E-state index contributed by atoms with van der Waals surface area (Å²) in [6.07, 6.45) is 4.29. The zero-order valence-electron chi connectivity index (χ0n) is 25.6. The highest BCUT2D eigenvalue weighted by atomic mass is 35.5. The molecule has 0 radical (unpaired) electrons. The molecule has 2 aliphatic rings. The summed E-state index contributed by atoms with van der Waals surface area (Å²) in [6, 6.07) is 18.4. The standard InChI is InChI=1S/C36H34Cl3N3O5/c37-25-10-8-22(9-11-25)17-30(40-35(45)32-20-31(43)28-18-26(38)19-29(39)34(28)47-32)36(46)41-15-12-23(13-16-41)27-6-2-1-5-24(27)21-42-14-4-3-7-33(42)44/h1-2,5-6,8-11,18-20,23,30H,3-4,7,12-17,21H2,(H,40,45)/t30-/m1/s1. The van der Waals surface area contributed by atoms with Crippen molar-refractivity contribution in [3.05, 3.63) is 114 Å². The predicted octanol–water partition coefficient (Wildman–Crippen LogP) is 7.01. The van der Waals surface area contributed by atoms with E-state index in [-0.39, 0.29) is 50.9 Å². The fourth-order valence-corrected chi connectivity index (χ4v) is 7.18. The van der Waals surface area contributed by atoms with Crippen LogP contribution >= 0.6 is 34.8 Å². The van der Waals surface area contributed by atoms with Gasteiger partial charge in [-0.1, -0.05) is 71.2 Å². The number of carbonyl (C=O) groups excluding carboxylic acids is 3. The van der Waals surface area contributed by atoms with Crippen LogP contribution in [0.25, 0.3) is 11.0 Å². The molecule has 0 spiro atoms. The number of amides is 3. The number of nitrogens with one attached hydrogen (secondary N) is 1. The van der Waals surface area contributed by atoms with Gasteiger partial charge in [-0.25, -0.2) is 0 Å². The van der Waals surface area contributed by atoms with E-state index < -0.39 is 17.4 Å². The van der Waals surface area contributed by atoms with E-state index in [1.54, 1.807) is 17.0 Å². The van der Waals surface area contributed by atoms with Gasteiger partial charge < -0.3 is 19.5 Å². The molecule has 0 aliphatic carbocycles. The first-order valence-corrected chi connectivity index (χ1v) is 16.9. The van der Waals surface area contributed by atoms with Gasteiger partial charge in [0.2, 0.25) is 11.8 Å². The predicted molar refractivity (Wildman–Crippen MR) is 183 cm³/mol. The zero-order valence-corrected chi connectivity index (χ0v) is 27.9. The second-order valence-corrected chi connectivity index (χ2v) is 13.4. The largest absolute Gasteiger partial charge is 0.449 e. The molecule has 6 rings (SSSR count). The van der Waals surface area contributed by atoms with Gasteiger partial charge in [0.1, 0.15) is 6.04 Å². The van der Waals surface area contributed by atoms with E-state index in [9.17, 15) is 19.2 Å². The Hall–Kier alpha value is -3.85. The molecule has 0 unspecified atom stereocenters. The number of benzene rings is 3. The van der Waals surface area contributed by atoms with Crippen molar-refractivity contribution in [1.82, 2.24) is 15.1 Å². The maximum absolute atomic E-state index is 14.0. The Kier molecular flexibility index (Phi) is 10.2. The van der Waals surface area contributed by atoms with E-state index in [1.807, 2.05) is 29.2 Å². The van der Waals surface area contributed by atoms with Crippen LogP contribution < -0.4 is 10.7 Å². The van der Waals surface area contributed by atoms with Gasteiger partial charge in [0.05, 0.1) is 10.4 Å². The minimum absolute atomic E-state index is 0.0429. The normalized spacial score (nSPS) is 16.4. The summed E-state index contributed by atoms with van der Waals surface area (Å²) in [5.41, 5.74) is 2.74. The molecule has 3 amide bonds. The lowest BCUT2D eigenvalue weighted by atomic mass is 9.86. The van der Waals surface area contributed by atoms with E-state index in [0.717, 1.165) is 49.4 Å². The van der Waals surface area contributed by atoms with Gasteiger partial charge in [0.25, 0.3) is 5.91 Å². The average Bonchev–Trinajstić information content (AvgIpc) is 3.07. The van der Waals surface area contributed by atoms with Crippen LogP contribution in [0.15, 0.2) is 75.9 Å². The molecule has 11 heteroatoms. The average molecular weight is 695 g/mol. The SMILES string of the molecule is O=C(N[C@H](Cc1ccc(Cl)cc1)C(=O)N1CCC(c2ccccc2CN2CCCCC2=O)CC1)c1cc(=O)c2cc(Cl)cc(Cl)c2o1. The second kappa shape index (κ2) is 14.5. The first-order valence-electron chi connectivity index (χ1n) is 15.8. The molecule has 2 aliphatic heterocycles. The fourth-order valence-electron chi connectivity index (χ4n) is 6.52. The third kappa shape index (κ3) is 7.67. The Balaban J connectivity index is 1.19. The number of carbonyl (C=O) groups is 3. The number of rotatable bonds is 8. The maximum Gasteiger partial charge on any atom is 0.287 e. The minimum Gasteiger partial charge on any atom is -0.449 e. The molecule has 244 valence electrons. The highest BCUT2D eigenvalue weighted by Crippen LogP contribution is 2.32. The van der Waals surface area contributed by atoms with Crippen LogP contribution in [-0.2, 0) is 22.6 Å². The number of nitrogens with zero attached hydrogens (tertiary/aromatic N) is 2. The van der Waals surface area contributed by atoms with Gasteiger partial charge in [0, 0.05) is 55.1 Å². The van der Waals surface area contributed by atoms with Crippen LogP contribution in [-0.4, -0.2) is 53.2 Å². The molecule has 47 heavy (non-hydrogen) atoms. The molecule has 3 aromatic carbocycles. The summed E-state index contributed by atoms with van der Waals surface area (Å²) in [6.45, 7) is 2.40. The molecule has 2 saturated heterocycles. The number of hydrogen-bond acceptors (Lipinski definition) is 5. The summed E-state index contributed by atoms with van der Waals surface area (Å²) in [4.78, 5) is 56.6. The van der Waals surface area contributed by atoms with Crippen LogP contribution in [0.3, 0.4) is 0 Å². The van der Waals surface area contributed by atoms with Gasteiger partial charge >= 0.3 is 0 Å². The molecule has 1 N–H and O–H groups in total. The highest BCUT2D eigenvalue weighted by molar-refractivity contribution is 6.38.